The van der Waals surface area contributed by atoms with Crippen LogP contribution in [0.3, 0.4) is 0 Å². The molecule has 0 aliphatic carbocycles. The third-order valence-corrected chi connectivity index (χ3v) is 9.35. The normalized spacial score (nSPS) is 10.7. The minimum atomic E-state index is 0.0638. The Morgan fingerprint density at radius 3 is 0.679 bits per heavy atom. The van der Waals surface area contributed by atoms with Gasteiger partial charge in [0, 0.05) is 43.8 Å². The summed E-state index contributed by atoms with van der Waals surface area (Å²) < 4.78 is 0. The first-order chi connectivity index (χ1) is 27.3. The van der Waals surface area contributed by atoms with Crippen LogP contribution in [0.15, 0.2) is 48.5 Å². The molecule has 9 rings (SSSR count). The van der Waals surface area contributed by atoms with E-state index in [1.165, 1.54) is 48.5 Å². The van der Waals surface area contributed by atoms with Crippen LogP contribution in [0.5, 0.6) is 0 Å². The average Bonchev–Trinajstić information content (AvgIpc) is 3.95. The van der Waals surface area contributed by atoms with Crippen LogP contribution < -0.4 is 0 Å². The fourth-order valence-corrected chi connectivity index (χ4v) is 6.71. The zero-order valence-electron chi connectivity index (χ0n) is 27.9. The molecule has 16 heteroatoms. The van der Waals surface area contributed by atoms with Gasteiger partial charge in [-0.15, -0.1) is 0 Å². The van der Waals surface area contributed by atoms with Gasteiger partial charge in [0.25, 0.3) is 0 Å². The molecule has 0 fully saturated rings. The molecule has 2 aliphatic rings. The maximum atomic E-state index is 9.91. The molecule has 0 atom stereocenters. The quantitative estimate of drug-likeness (QED) is 0.186. The number of aromatic amines is 2. The van der Waals surface area contributed by atoms with E-state index in [0.29, 0.717) is 43.8 Å². The molecule has 0 unspecified atom stereocenters. The van der Waals surface area contributed by atoms with Crippen LogP contribution in [0, 0.1) is 90.6 Å². The highest BCUT2D eigenvalue weighted by Crippen LogP contribution is 2.39. The van der Waals surface area contributed by atoms with Crippen molar-refractivity contribution in [3.05, 3.63) is 93.0 Å². The second kappa shape index (κ2) is 11.9. The van der Waals surface area contributed by atoms with E-state index in [4.69, 9.17) is 29.9 Å². The highest BCUT2D eigenvalue weighted by molar-refractivity contribution is 6.08. The molecule has 3 aromatic heterocycles. The van der Waals surface area contributed by atoms with Gasteiger partial charge in [0.15, 0.2) is 23.3 Å². The molecule has 0 radical (unpaired) electrons. The van der Waals surface area contributed by atoms with E-state index in [1.807, 2.05) is 48.6 Å². The van der Waals surface area contributed by atoms with Crippen LogP contribution in [-0.4, -0.2) is 39.9 Å². The molecule has 8 bridgehead atoms. The van der Waals surface area contributed by atoms with E-state index in [2.05, 4.69) is 9.97 Å². The molecule has 7 aromatic rings. The van der Waals surface area contributed by atoms with Crippen molar-refractivity contribution in [3.8, 4) is 94.1 Å². The molecule has 0 amide bonds. The first-order valence-corrected chi connectivity index (χ1v) is 16.1. The summed E-state index contributed by atoms with van der Waals surface area (Å²) >= 11 is 0. The molecular formula is C40H10N16. The Morgan fingerprint density at radius 2 is 0.482 bits per heavy atom. The summed E-state index contributed by atoms with van der Waals surface area (Å²) in [6, 6.07) is 28.1. The minimum absolute atomic E-state index is 0.0638. The number of benzene rings is 4. The lowest BCUT2D eigenvalue weighted by molar-refractivity contribution is 1.19. The van der Waals surface area contributed by atoms with E-state index >= 15 is 0 Å². The van der Waals surface area contributed by atoms with E-state index in [0.717, 1.165) is 0 Å². The number of rotatable bonds is 0. The van der Waals surface area contributed by atoms with E-state index in [9.17, 15) is 42.1 Å². The molecule has 56 heavy (non-hydrogen) atoms. The summed E-state index contributed by atoms with van der Waals surface area (Å²) in [6.45, 7) is 0. The van der Waals surface area contributed by atoms with Crippen LogP contribution in [-0.2, 0) is 0 Å². The lowest BCUT2D eigenvalue weighted by atomic mass is 10.00. The Hall–Kier alpha value is -9.84. The Morgan fingerprint density at radius 1 is 0.286 bits per heavy atom. The zero-order valence-corrected chi connectivity index (χ0v) is 27.9. The number of nitrogens with zero attached hydrogens (tertiary/aromatic N) is 14. The fourth-order valence-electron chi connectivity index (χ4n) is 6.71. The van der Waals surface area contributed by atoms with Crippen molar-refractivity contribution in [1.29, 1.82) is 42.1 Å². The van der Waals surface area contributed by atoms with E-state index < -0.39 is 0 Å². The van der Waals surface area contributed by atoms with Crippen molar-refractivity contribution in [3.63, 3.8) is 0 Å². The molecule has 5 heterocycles. The highest BCUT2D eigenvalue weighted by Gasteiger charge is 2.26. The fraction of sp³-hybridized carbons (Fsp3) is 0. The number of hydrogen-bond donors (Lipinski definition) is 2. The number of hydrogen-bond acceptors (Lipinski definition) is 14. The standard InChI is InChI=1S/C40H10N16/c41-9-17-1-25-26(2-18(17)10-42)34-49-33(25)53-35-27-3-19(11-43)20(12-44)4-28(27)37(50-35)55-39-31-7-23(15-47)24(16-48)8-32(31)40(52-39)56-38-30-6-22(14-46)21(13-45)5-29(30)36(51-38)54-34/h1-8H,(H2,49,50,51,52,53,54,55,56). The first-order valence-electron chi connectivity index (χ1n) is 16.1. The SMILES string of the molecule is N#Cc1cc2c(cc1C#N)-c1nc-2nc2[nH]c(nc3nc(nc4[nH]c(n1)c1cc(C#N)c(C#N)cc41)-c1cc(C#N)c(C#N)cc1-3)c1cc(C#N)c(C#N)cc21. The number of nitrogens with one attached hydrogen (secondary N) is 2. The molecule has 2 N–H and O–H groups in total. The summed E-state index contributed by atoms with van der Waals surface area (Å²) in [6.07, 6.45) is 0. The topological polar surface area (TPSA) is 299 Å². The van der Waals surface area contributed by atoms with Crippen molar-refractivity contribution in [2.75, 3.05) is 0 Å². The van der Waals surface area contributed by atoms with Crippen molar-refractivity contribution in [1.82, 2.24) is 39.9 Å². The third-order valence-electron chi connectivity index (χ3n) is 9.35. The summed E-state index contributed by atoms with van der Waals surface area (Å²) in [5, 5.41) is 80.8. The minimum Gasteiger partial charge on any atom is -0.324 e. The Kier molecular flexibility index (Phi) is 6.80. The largest absolute Gasteiger partial charge is 0.324 e. The van der Waals surface area contributed by atoms with Gasteiger partial charge in [-0.05, 0) is 48.5 Å². The zero-order chi connectivity index (χ0) is 38.8. The van der Waals surface area contributed by atoms with E-state index in [-0.39, 0.29) is 90.4 Å². The van der Waals surface area contributed by atoms with Gasteiger partial charge in [-0.3, -0.25) is 0 Å². The van der Waals surface area contributed by atoms with Gasteiger partial charge in [0.05, 0.1) is 44.5 Å². The van der Waals surface area contributed by atoms with Crippen LogP contribution >= 0.6 is 0 Å². The molecule has 2 aliphatic heterocycles. The van der Waals surface area contributed by atoms with Gasteiger partial charge >= 0.3 is 0 Å². The van der Waals surface area contributed by atoms with Gasteiger partial charge in [0.1, 0.15) is 71.1 Å². The molecule has 250 valence electrons. The van der Waals surface area contributed by atoms with Crippen molar-refractivity contribution in [2.45, 2.75) is 0 Å². The van der Waals surface area contributed by atoms with Gasteiger partial charge in [-0.25, -0.2) is 29.9 Å². The first kappa shape index (κ1) is 32.1. The predicted octanol–water partition coefficient (Wildman–Crippen LogP) is 5.84. The second-order valence-electron chi connectivity index (χ2n) is 12.3. The molecule has 0 saturated carbocycles. The third kappa shape index (κ3) is 4.57. The summed E-state index contributed by atoms with van der Waals surface area (Å²) in [4.78, 5) is 35.1. The highest BCUT2D eigenvalue weighted by atomic mass is 15.1. The van der Waals surface area contributed by atoms with Crippen molar-refractivity contribution >= 4 is 44.1 Å². The molecule has 16 nitrogen and oxygen atoms in total. The molecular weight excluding hydrogens is 705 g/mol. The van der Waals surface area contributed by atoms with Crippen LogP contribution in [0.2, 0.25) is 0 Å². The number of nitriles is 8. The monoisotopic (exact) mass is 714 g/mol. The van der Waals surface area contributed by atoms with Gasteiger partial charge in [-0.2, -0.15) is 42.1 Å². The summed E-state index contributed by atoms with van der Waals surface area (Å²) in [7, 11) is 0. The predicted molar refractivity (Wildman–Crippen MR) is 194 cm³/mol. The van der Waals surface area contributed by atoms with Crippen molar-refractivity contribution < 1.29 is 0 Å². The smallest absolute Gasteiger partial charge is 0.164 e. The van der Waals surface area contributed by atoms with Gasteiger partial charge < -0.3 is 9.97 Å². The summed E-state index contributed by atoms with van der Waals surface area (Å²) in [5.41, 5.74) is 2.63. The lowest BCUT2D eigenvalue weighted by Crippen LogP contribution is -1.89. The average molecular weight is 715 g/mol. The van der Waals surface area contributed by atoms with Crippen LogP contribution in [0.1, 0.15) is 44.5 Å². The Bertz CT molecular complexity index is 3120. The molecule has 4 aromatic carbocycles. The molecule has 0 spiro atoms. The maximum Gasteiger partial charge on any atom is 0.164 e. The second-order valence-corrected chi connectivity index (χ2v) is 12.3. The van der Waals surface area contributed by atoms with Crippen LogP contribution in [0.25, 0.3) is 89.7 Å². The lowest BCUT2D eigenvalue weighted by Gasteiger charge is -2.01. The van der Waals surface area contributed by atoms with E-state index in [1.54, 1.807) is 0 Å². The van der Waals surface area contributed by atoms with Gasteiger partial charge in [-0.1, -0.05) is 0 Å². The number of fused-ring (bicyclic) bond motifs is 20. The maximum absolute atomic E-state index is 9.91. The number of H-pyrrole nitrogens is 2. The van der Waals surface area contributed by atoms with Crippen molar-refractivity contribution in [2.24, 2.45) is 0 Å². The van der Waals surface area contributed by atoms with Crippen LogP contribution in [0.4, 0.5) is 0 Å². The Labute approximate surface area is 312 Å². The van der Waals surface area contributed by atoms with Gasteiger partial charge in [0.2, 0.25) is 0 Å². The number of aromatic nitrogens is 8. The Balaban J connectivity index is 1.54. The molecule has 0 saturated heterocycles. The summed E-state index contributed by atoms with van der Waals surface area (Å²) in [5.74, 6) is 0.320.